The lowest BCUT2D eigenvalue weighted by Gasteiger charge is -2.32. The fraction of sp³-hybridized carbons (Fsp3) is 0.538. The number of aryl methyl sites for hydroxylation is 1. The minimum Gasteiger partial charge on any atom is -0.496 e. The van der Waals surface area contributed by atoms with Gasteiger partial charge in [0, 0.05) is 6.04 Å². The quantitative estimate of drug-likeness (QED) is 0.821. The van der Waals surface area contributed by atoms with Gasteiger partial charge in [-0.3, -0.25) is 0 Å². The van der Waals surface area contributed by atoms with Crippen LogP contribution in [-0.2, 0) is 6.42 Å². The molecule has 1 aliphatic carbocycles. The SMILES string of the molecule is COc1ccc(C)cc1CC1CC(N)C1. The molecular weight excluding hydrogens is 186 g/mol. The predicted molar refractivity (Wildman–Crippen MR) is 62.1 cm³/mol. The highest BCUT2D eigenvalue weighted by Gasteiger charge is 2.26. The van der Waals surface area contributed by atoms with E-state index < -0.39 is 0 Å². The second-order valence-corrected chi connectivity index (χ2v) is 4.62. The van der Waals surface area contributed by atoms with Gasteiger partial charge in [-0.2, -0.15) is 0 Å². The third kappa shape index (κ3) is 2.32. The number of benzene rings is 1. The topological polar surface area (TPSA) is 35.2 Å². The summed E-state index contributed by atoms with van der Waals surface area (Å²) < 4.78 is 5.37. The molecule has 0 atom stereocenters. The standard InChI is InChI=1S/C13H19NO/c1-9-3-4-13(15-2)11(5-9)6-10-7-12(14)8-10/h3-5,10,12H,6-8,14H2,1-2H3. The lowest BCUT2D eigenvalue weighted by atomic mass is 9.77. The summed E-state index contributed by atoms with van der Waals surface area (Å²) in [6.45, 7) is 2.12. The van der Waals surface area contributed by atoms with Crippen molar-refractivity contribution in [3.05, 3.63) is 29.3 Å². The lowest BCUT2D eigenvalue weighted by Crippen LogP contribution is -2.37. The van der Waals surface area contributed by atoms with Crippen LogP contribution in [0.1, 0.15) is 24.0 Å². The van der Waals surface area contributed by atoms with Crippen LogP contribution in [0.4, 0.5) is 0 Å². The molecule has 2 heteroatoms. The molecule has 0 unspecified atom stereocenters. The molecule has 0 heterocycles. The normalized spacial score (nSPS) is 24.7. The van der Waals surface area contributed by atoms with Crippen LogP contribution < -0.4 is 10.5 Å². The van der Waals surface area contributed by atoms with E-state index in [1.165, 1.54) is 11.1 Å². The molecule has 0 aromatic heterocycles. The van der Waals surface area contributed by atoms with Gasteiger partial charge >= 0.3 is 0 Å². The molecule has 0 radical (unpaired) electrons. The molecule has 0 saturated heterocycles. The Hall–Kier alpha value is -1.02. The molecule has 2 rings (SSSR count). The van der Waals surface area contributed by atoms with E-state index in [2.05, 4.69) is 25.1 Å². The summed E-state index contributed by atoms with van der Waals surface area (Å²) in [5.41, 5.74) is 8.42. The van der Waals surface area contributed by atoms with Crippen LogP contribution in [0.5, 0.6) is 5.75 Å². The van der Waals surface area contributed by atoms with Gasteiger partial charge in [-0.15, -0.1) is 0 Å². The second-order valence-electron chi connectivity index (χ2n) is 4.62. The van der Waals surface area contributed by atoms with E-state index in [-0.39, 0.29) is 0 Å². The summed E-state index contributed by atoms with van der Waals surface area (Å²) in [5.74, 6) is 1.77. The number of methoxy groups -OCH3 is 1. The number of rotatable bonds is 3. The van der Waals surface area contributed by atoms with Crippen LogP contribution in [-0.4, -0.2) is 13.2 Å². The molecule has 0 spiro atoms. The van der Waals surface area contributed by atoms with Crippen LogP contribution in [0.2, 0.25) is 0 Å². The molecule has 0 bridgehead atoms. The molecule has 82 valence electrons. The Morgan fingerprint density at radius 1 is 1.40 bits per heavy atom. The molecule has 1 saturated carbocycles. The van der Waals surface area contributed by atoms with E-state index in [4.69, 9.17) is 10.5 Å². The molecular formula is C13H19NO. The van der Waals surface area contributed by atoms with E-state index in [1.54, 1.807) is 7.11 Å². The van der Waals surface area contributed by atoms with Crippen LogP contribution in [0.15, 0.2) is 18.2 Å². The maximum absolute atomic E-state index is 5.79. The average molecular weight is 205 g/mol. The monoisotopic (exact) mass is 205 g/mol. The maximum Gasteiger partial charge on any atom is 0.122 e. The van der Waals surface area contributed by atoms with Crippen molar-refractivity contribution in [1.82, 2.24) is 0 Å². The van der Waals surface area contributed by atoms with Gasteiger partial charge in [0.15, 0.2) is 0 Å². The van der Waals surface area contributed by atoms with Gasteiger partial charge in [-0.1, -0.05) is 17.7 Å². The first kappa shape index (κ1) is 10.5. The molecule has 15 heavy (non-hydrogen) atoms. The zero-order valence-electron chi connectivity index (χ0n) is 9.49. The maximum atomic E-state index is 5.79. The summed E-state index contributed by atoms with van der Waals surface area (Å²) >= 11 is 0. The predicted octanol–water partition coefficient (Wildman–Crippen LogP) is 2.28. The summed E-state index contributed by atoms with van der Waals surface area (Å²) in [6, 6.07) is 6.81. The Morgan fingerprint density at radius 2 is 2.13 bits per heavy atom. The van der Waals surface area contributed by atoms with Crippen molar-refractivity contribution < 1.29 is 4.74 Å². The molecule has 0 amide bonds. The van der Waals surface area contributed by atoms with Crippen LogP contribution in [0, 0.1) is 12.8 Å². The Bertz CT molecular complexity index is 342. The Balaban J connectivity index is 2.08. The smallest absolute Gasteiger partial charge is 0.122 e. The number of hydrogen-bond acceptors (Lipinski definition) is 2. The minimum atomic E-state index is 0.436. The van der Waals surface area contributed by atoms with E-state index in [9.17, 15) is 0 Å². The fourth-order valence-electron chi connectivity index (χ4n) is 2.33. The molecule has 1 fully saturated rings. The molecule has 2 N–H and O–H groups in total. The van der Waals surface area contributed by atoms with Gasteiger partial charge < -0.3 is 10.5 Å². The first-order chi connectivity index (χ1) is 7.19. The Morgan fingerprint density at radius 3 is 2.73 bits per heavy atom. The van der Waals surface area contributed by atoms with Crippen LogP contribution in [0.25, 0.3) is 0 Å². The van der Waals surface area contributed by atoms with Crippen molar-refractivity contribution >= 4 is 0 Å². The summed E-state index contributed by atoms with van der Waals surface area (Å²) in [5, 5.41) is 0. The van der Waals surface area contributed by atoms with Crippen molar-refractivity contribution in [2.75, 3.05) is 7.11 Å². The van der Waals surface area contributed by atoms with Gasteiger partial charge in [-0.25, -0.2) is 0 Å². The Labute approximate surface area is 91.4 Å². The van der Waals surface area contributed by atoms with E-state index >= 15 is 0 Å². The van der Waals surface area contributed by atoms with Gasteiger partial charge in [0.05, 0.1) is 7.11 Å². The lowest BCUT2D eigenvalue weighted by molar-refractivity contribution is 0.261. The number of ether oxygens (including phenoxy) is 1. The summed E-state index contributed by atoms with van der Waals surface area (Å²) in [7, 11) is 1.74. The molecule has 1 aromatic carbocycles. The van der Waals surface area contributed by atoms with Crippen LogP contribution >= 0.6 is 0 Å². The fourth-order valence-corrected chi connectivity index (χ4v) is 2.33. The third-order valence-corrected chi connectivity index (χ3v) is 3.22. The van der Waals surface area contributed by atoms with Crippen molar-refractivity contribution in [2.24, 2.45) is 11.7 Å². The zero-order valence-corrected chi connectivity index (χ0v) is 9.49. The second kappa shape index (κ2) is 4.23. The summed E-state index contributed by atoms with van der Waals surface area (Å²) in [4.78, 5) is 0. The molecule has 1 aromatic rings. The first-order valence-corrected chi connectivity index (χ1v) is 5.58. The van der Waals surface area contributed by atoms with E-state index in [0.717, 1.165) is 30.9 Å². The highest BCUT2D eigenvalue weighted by Crippen LogP contribution is 2.32. The number of nitrogens with two attached hydrogens (primary N) is 1. The molecule has 2 nitrogen and oxygen atoms in total. The number of hydrogen-bond donors (Lipinski definition) is 1. The van der Waals surface area contributed by atoms with Crippen molar-refractivity contribution in [1.29, 1.82) is 0 Å². The van der Waals surface area contributed by atoms with Gasteiger partial charge in [0.1, 0.15) is 5.75 Å². The largest absolute Gasteiger partial charge is 0.496 e. The highest BCUT2D eigenvalue weighted by molar-refractivity contribution is 5.37. The molecule has 0 aliphatic heterocycles. The minimum absolute atomic E-state index is 0.436. The van der Waals surface area contributed by atoms with E-state index in [0.29, 0.717) is 6.04 Å². The van der Waals surface area contributed by atoms with Crippen LogP contribution in [0.3, 0.4) is 0 Å². The third-order valence-electron chi connectivity index (χ3n) is 3.22. The molecule has 1 aliphatic rings. The van der Waals surface area contributed by atoms with Crippen molar-refractivity contribution in [3.63, 3.8) is 0 Å². The zero-order chi connectivity index (χ0) is 10.8. The average Bonchev–Trinajstić information content (AvgIpc) is 2.16. The van der Waals surface area contributed by atoms with Gasteiger partial charge in [0.25, 0.3) is 0 Å². The van der Waals surface area contributed by atoms with E-state index in [1.807, 2.05) is 0 Å². The van der Waals surface area contributed by atoms with Gasteiger partial charge in [0.2, 0.25) is 0 Å². The summed E-state index contributed by atoms with van der Waals surface area (Å²) in [6.07, 6.45) is 3.44. The first-order valence-electron chi connectivity index (χ1n) is 5.58. The van der Waals surface area contributed by atoms with Crippen molar-refractivity contribution in [3.8, 4) is 5.75 Å². The van der Waals surface area contributed by atoms with Crippen molar-refractivity contribution in [2.45, 2.75) is 32.2 Å². The Kier molecular flexibility index (Phi) is 2.96. The highest BCUT2D eigenvalue weighted by atomic mass is 16.5. The van der Waals surface area contributed by atoms with Gasteiger partial charge in [-0.05, 0) is 43.7 Å².